The lowest BCUT2D eigenvalue weighted by atomic mass is 10.2. The Morgan fingerprint density at radius 3 is 2.62 bits per heavy atom. The van der Waals surface area contributed by atoms with Crippen LogP contribution in [0.4, 0.5) is 0 Å². The molecule has 0 bridgehead atoms. The van der Waals surface area contributed by atoms with Gasteiger partial charge in [0.1, 0.15) is 5.76 Å². The number of nitrogens with zero attached hydrogens (tertiary/aromatic N) is 1. The normalized spacial score (nSPS) is 12.5. The summed E-state index contributed by atoms with van der Waals surface area (Å²) in [4.78, 5) is 0. The van der Waals surface area contributed by atoms with Gasteiger partial charge in [0, 0.05) is 13.6 Å². The summed E-state index contributed by atoms with van der Waals surface area (Å²) in [5, 5.41) is 3.27. The molecule has 0 saturated heterocycles. The smallest absolute Gasteiger partial charge is 0.276 e. The predicted octanol–water partition coefficient (Wildman–Crippen LogP) is 2.84. The highest BCUT2D eigenvalue weighted by Crippen LogP contribution is 2.18. The molecular formula is C15H28N2O3S. The Morgan fingerprint density at radius 2 is 2.00 bits per heavy atom. The monoisotopic (exact) mass is 316 g/mol. The van der Waals surface area contributed by atoms with Crippen molar-refractivity contribution >= 4 is 10.0 Å². The van der Waals surface area contributed by atoms with E-state index in [9.17, 15) is 8.42 Å². The van der Waals surface area contributed by atoms with Crippen LogP contribution in [0, 0.1) is 5.92 Å². The highest BCUT2D eigenvalue weighted by atomic mass is 32.2. The van der Waals surface area contributed by atoms with Crippen LogP contribution in [0.5, 0.6) is 0 Å². The van der Waals surface area contributed by atoms with Gasteiger partial charge in [-0.25, -0.2) is 8.42 Å². The molecule has 0 spiro atoms. The van der Waals surface area contributed by atoms with Gasteiger partial charge in [-0.2, -0.15) is 4.31 Å². The van der Waals surface area contributed by atoms with Crippen molar-refractivity contribution in [3.05, 3.63) is 17.9 Å². The van der Waals surface area contributed by atoms with E-state index in [-0.39, 0.29) is 5.09 Å². The van der Waals surface area contributed by atoms with Gasteiger partial charge in [-0.05, 0) is 31.0 Å². The summed E-state index contributed by atoms with van der Waals surface area (Å²) in [6.45, 7) is 8.29. The largest absolute Gasteiger partial charge is 0.447 e. The number of rotatable bonds is 10. The summed E-state index contributed by atoms with van der Waals surface area (Å²) < 4.78 is 31.5. The van der Waals surface area contributed by atoms with Crippen LogP contribution in [0.3, 0.4) is 0 Å². The van der Waals surface area contributed by atoms with Gasteiger partial charge in [0.2, 0.25) is 5.09 Å². The molecule has 6 heteroatoms. The van der Waals surface area contributed by atoms with Gasteiger partial charge >= 0.3 is 0 Å². The molecule has 21 heavy (non-hydrogen) atoms. The Balaban J connectivity index is 2.61. The second-order valence-corrected chi connectivity index (χ2v) is 7.76. The molecule has 1 aromatic rings. The zero-order valence-corrected chi connectivity index (χ0v) is 14.4. The number of furan rings is 1. The van der Waals surface area contributed by atoms with Gasteiger partial charge in [-0.3, -0.25) is 0 Å². The molecule has 0 aliphatic rings. The lowest BCUT2D eigenvalue weighted by Crippen LogP contribution is -2.27. The van der Waals surface area contributed by atoms with Gasteiger partial charge in [0.15, 0.2) is 0 Å². The zero-order chi connectivity index (χ0) is 15.9. The molecule has 1 rings (SSSR count). The maximum absolute atomic E-state index is 12.3. The predicted molar refractivity (Wildman–Crippen MR) is 84.6 cm³/mol. The van der Waals surface area contributed by atoms with Crippen molar-refractivity contribution in [3.63, 3.8) is 0 Å². The molecule has 0 unspecified atom stereocenters. The lowest BCUT2D eigenvalue weighted by Gasteiger charge is -2.14. The fourth-order valence-electron chi connectivity index (χ4n) is 1.93. The van der Waals surface area contributed by atoms with Gasteiger partial charge in [-0.1, -0.05) is 33.6 Å². The Morgan fingerprint density at radius 1 is 1.29 bits per heavy atom. The van der Waals surface area contributed by atoms with E-state index in [1.807, 2.05) is 0 Å². The first kappa shape index (κ1) is 18.2. The van der Waals surface area contributed by atoms with Crippen LogP contribution >= 0.6 is 0 Å². The highest BCUT2D eigenvalue weighted by Gasteiger charge is 2.24. The molecule has 5 nitrogen and oxygen atoms in total. The van der Waals surface area contributed by atoms with E-state index < -0.39 is 10.0 Å². The summed E-state index contributed by atoms with van der Waals surface area (Å²) in [7, 11) is -1.90. The number of hydrogen-bond donors (Lipinski definition) is 1. The summed E-state index contributed by atoms with van der Waals surface area (Å²) in [5.41, 5.74) is 0. The van der Waals surface area contributed by atoms with Crippen LogP contribution in [0.2, 0.25) is 0 Å². The Hall–Kier alpha value is -0.850. The SMILES string of the molecule is CCCCCN(C)S(=O)(=O)c1ccc(CNCC(C)C)o1. The second-order valence-electron chi connectivity index (χ2n) is 5.78. The number of unbranched alkanes of at least 4 members (excludes halogenated alkanes) is 2. The second kappa shape index (κ2) is 8.56. The maximum Gasteiger partial charge on any atom is 0.276 e. The molecule has 0 atom stereocenters. The Bertz CT molecular complexity index is 509. The zero-order valence-electron chi connectivity index (χ0n) is 13.6. The standard InChI is InChI=1S/C15H28N2O3S/c1-5-6-7-10-17(4)21(18,19)15-9-8-14(20-15)12-16-11-13(2)3/h8-9,13,16H,5-7,10-12H2,1-4H3. The number of sulfonamides is 1. The molecule has 1 N–H and O–H groups in total. The van der Waals surface area contributed by atoms with Crippen LogP contribution in [0.1, 0.15) is 45.8 Å². The maximum atomic E-state index is 12.3. The van der Waals surface area contributed by atoms with E-state index in [1.54, 1.807) is 13.1 Å². The molecule has 0 fully saturated rings. The minimum Gasteiger partial charge on any atom is -0.447 e. The third-order valence-corrected chi connectivity index (χ3v) is 4.96. The average Bonchev–Trinajstić information content (AvgIpc) is 2.88. The van der Waals surface area contributed by atoms with Gasteiger partial charge in [0.25, 0.3) is 10.0 Å². The van der Waals surface area contributed by atoms with E-state index in [2.05, 4.69) is 26.1 Å². The van der Waals surface area contributed by atoms with E-state index in [0.717, 1.165) is 25.8 Å². The van der Waals surface area contributed by atoms with Gasteiger partial charge in [0.05, 0.1) is 6.54 Å². The number of nitrogens with one attached hydrogen (secondary N) is 1. The molecule has 1 heterocycles. The van der Waals surface area contributed by atoms with Crippen LogP contribution in [-0.2, 0) is 16.6 Å². The van der Waals surface area contributed by atoms with E-state index >= 15 is 0 Å². The number of hydrogen-bond acceptors (Lipinski definition) is 4. The third kappa shape index (κ3) is 5.80. The first-order valence-electron chi connectivity index (χ1n) is 7.63. The minimum absolute atomic E-state index is 0.0304. The van der Waals surface area contributed by atoms with Gasteiger partial charge < -0.3 is 9.73 Å². The fourth-order valence-corrected chi connectivity index (χ4v) is 3.06. The molecule has 0 aromatic carbocycles. The summed E-state index contributed by atoms with van der Waals surface area (Å²) >= 11 is 0. The van der Waals surface area contributed by atoms with E-state index in [0.29, 0.717) is 24.8 Å². The minimum atomic E-state index is -3.50. The van der Waals surface area contributed by atoms with Crippen molar-refractivity contribution in [2.45, 2.75) is 51.7 Å². The molecule has 0 amide bonds. The van der Waals surface area contributed by atoms with E-state index in [1.165, 1.54) is 10.4 Å². The van der Waals surface area contributed by atoms with E-state index in [4.69, 9.17) is 4.42 Å². The van der Waals surface area contributed by atoms with Gasteiger partial charge in [-0.15, -0.1) is 0 Å². The molecule has 0 aliphatic carbocycles. The van der Waals surface area contributed by atoms with Crippen LogP contribution in [-0.4, -0.2) is 32.9 Å². The third-order valence-electron chi connectivity index (χ3n) is 3.23. The van der Waals surface area contributed by atoms with Crippen molar-refractivity contribution in [2.75, 3.05) is 20.1 Å². The summed E-state index contributed by atoms with van der Waals surface area (Å²) in [6.07, 6.45) is 2.97. The molecular weight excluding hydrogens is 288 g/mol. The molecule has 122 valence electrons. The summed E-state index contributed by atoms with van der Waals surface area (Å²) in [6, 6.07) is 3.26. The molecule has 0 radical (unpaired) electrons. The lowest BCUT2D eigenvalue weighted by molar-refractivity contribution is 0.375. The Labute approximate surface area is 128 Å². The highest BCUT2D eigenvalue weighted by molar-refractivity contribution is 7.89. The first-order valence-corrected chi connectivity index (χ1v) is 9.07. The average molecular weight is 316 g/mol. The van der Waals surface area contributed by atoms with Crippen molar-refractivity contribution in [1.29, 1.82) is 0 Å². The topological polar surface area (TPSA) is 62.6 Å². The Kier molecular flexibility index (Phi) is 7.42. The van der Waals surface area contributed by atoms with Crippen LogP contribution < -0.4 is 5.32 Å². The fraction of sp³-hybridized carbons (Fsp3) is 0.733. The van der Waals surface area contributed by atoms with Crippen molar-refractivity contribution in [3.8, 4) is 0 Å². The van der Waals surface area contributed by atoms with Crippen molar-refractivity contribution in [1.82, 2.24) is 9.62 Å². The quantitative estimate of drug-likeness (QED) is 0.674. The van der Waals surface area contributed by atoms with Crippen LogP contribution in [0.15, 0.2) is 21.6 Å². The first-order chi connectivity index (χ1) is 9.87. The van der Waals surface area contributed by atoms with Crippen molar-refractivity contribution < 1.29 is 12.8 Å². The molecule has 0 saturated carbocycles. The molecule has 1 aromatic heterocycles. The van der Waals surface area contributed by atoms with Crippen LogP contribution in [0.25, 0.3) is 0 Å². The molecule has 0 aliphatic heterocycles. The summed E-state index contributed by atoms with van der Waals surface area (Å²) in [5.74, 6) is 1.20. The van der Waals surface area contributed by atoms with Crippen molar-refractivity contribution in [2.24, 2.45) is 5.92 Å².